The maximum Gasteiger partial charge on any atom is 0.165 e. The molecule has 2 nitrogen and oxygen atoms in total. The Hall–Kier alpha value is -1.09. The summed E-state index contributed by atoms with van der Waals surface area (Å²) >= 11 is 0. The molecule has 0 amide bonds. The van der Waals surface area contributed by atoms with Crippen LogP contribution in [0.5, 0.6) is 5.75 Å². The zero-order valence-electron chi connectivity index (χ0n) is 13.9. The number of hydrogen-bond acceptors (Lipinski definition) is 2. The molecule has 0 aliphatic rings. The molecule has 0 spiro atoms. The average Bonchev–Trinajstić information content (AvgIpc) is 2.45. The van der Waals surface area contributed by atoms with E-state index in [0.29, 0.717) is 5.75 Å². The molecule has 1 aromatic rings. The van der Waals surface area contributed by atoms with Gasteiger partial charge in [-0.2, -0.15) is 0 Å². The Labute approximate surface area is 129 Å². The van der Waals surface area contributed by atoms with E-state index >= 15 is 0 Å². The highest BCUT2D eigenvalue weighted by Crippen LogP contribution is 2.21. The van der Waals surface area contributed by atoms with Crippen molar-refractivity contribution in [2.75, 3.05) is 13.7 Å². The molecule has 0 heterocycles. The van der Waals surface area contributed by atoms with Crippen LogP contribution in [-0.2, 0) is 0 Å². The molecule has 0 aliphatic carbocycles. The van der Waals surface area contributed by atoms with Gasteiger partial charge in [0.1, 0.15) is 0 Å². The Kier molecular flexibility index (Phi) is 8.36. The molecule has 1 aromatic carbocycles. The van der Waals surface area contributed by atoms with Gasteiger partial charge in [0.2, 0.25) is 0 Å². The summed E-state index contributed by atoms with van der Waals surface area (Å²) < 4.78 is 18.6. The van der Waals surface area contributed by atoms with Crippen LogP contribution >= 0.6 is 0 Å². The van der Waals surface area contributed by atoms with Crippen molar-refractivity contribution in [2.24, 2.45) is 5.92 Å². The zero-order chi connectivity index (χ0) is 15.7. The lowest BCUT2D eigenvalue weighted by molar-refractivity contribution is 0.385. The molecule has 1 N–H and O–H groups in total. The first-order valence-corrected chi connectivity index (χ1v) is 8.11. The molecule has 1 unspecified atom stereocenters. The van der Waals surface area contributed by atoms with Gasteiger partial charge in [0.15, 0.2) is 11.6 Å². The second kappa shape index (κ2) is 9.78. The fourth-order valence-corrected chi connectivity index (χ4v) is 2.42. The van der Waals surface area contributed by atoms with Gasteiger partial charge < -0.3 is 10.1 Å². The summed E-state index contributed by atoms with van der Waals surface area (Å²) in [5.41, 5.74) is 0.966. The van der Waals surface area contributed by atoms with Gasteiger partial charge in [-0.25, -0.2) is 4.39 Å². The minimum Gasteiger partial charge on any atom is -0.494 e. The first-order chi connectivity index (χ1) is 10.0. The largest absolute Gasteiger partial charge is 0.494 e. The van der Waals surface area contributed by atoms with E-state index in [0.717, 1.165) is 18.0 Å². The molecule has 0 saturated carbocycles. The van der Waals surface area contributed by atoms with Crippen LogP contribution in [0.25, 0.3) is 0 Å². The van der Waals surface area contributed by atoms with Crippen molar-refractivity contribution in [1.29, 1.82) is 0 Å². The van der Waals surface area contributed by atoms with Gasteiger partial charge in [-0.1, -0.05) is 45.6 Å². The molecule has 1 atom stereocenters. The summed E-state index contributed by atoms with van der Waals surface area (Å²) in [5.74, 6) is 0.821. The van der Waals surface area contributed by atoms with E-state index < -0.39 is 0 Å². The Morgan fingerprint density at radius 2 is 1.81 bits per heavy atom. The molecule has 0 saturated heterocycles. The second-order valence-electron chi connectivity index (χ2n) is 6.17. The van der Waals surface area contributed by atoms with E-state index in [1.807, 2.05) is 6.07 Å². The normalized spacial score (nSPS) is 12.7. The number of ether oxygens (including phenoxy) is 1. The topological polar surface area (TPSA) is 21.3 Å². The molecule has 0 bridgehead atoms. The Morgan fingerprint density at radius 3 is 2.43 bits per heavy atom. The van der Waals surface area contributed by atoms with Crippen LogP contribution < -0.4 is 10.1 Å². The second-order valence-corrected chi connectivity index (χ2v) is 6.17. The summed E-state index contributed by atoms with van der Waals surface area (Å²) in [6.07, 6.45) is 6.42. The third-order valence-corrected chi connectivity index (χ3v) is 3.83. The number of hydrogen-bond donors (Lipinski definition) is 1. The molecule has 3 heteroatoms. The van der Waals surface area contributed by atoms with Crippen molar-refractivity contribution in [3.8, 4) is 5.75 Å². The van der Waals surface area contributed by atoms with Crippen molar-refractivity contribution in [1.82, 2.24) is 5.32 Å². The average molecular weight is 295 g/mol. The Bertz CT molecular complexity index is 406. The molecule has 0 radical (unpaired) electrons. The minimum atomic E-state index is -0.294. The summed E-state index contributed by atoms with van der Waals surface area (Å²) in [4.78, 5) is 0. The van der Waals surface area contributed by atoms with Gasteiger partial charge in [-0.15, -0.1) is 0 Å². The molecule has 0 aromatic heterocycles. The number of unbranched alkanes of at least 4 members (excludes halogenated alkanes) is 3. The van der Waals surface area contributed by atoms with Crippen LogP contribution in [0, 0.1) is 11.7 Å². The highest BCUT2D eigenvalue weighted by molar-refractivity contribution is 5.30. The zero-order valence-corrected chi connectivity index (χ0v) is 13.9. The third-order valence-electron chi connectivity index (χ3n) is 3.83. The number of rotatable bonds is 10. The van der Waals surface area contributed by atoms with E-state index in [4.69, 9.17) is 4.74 Å². The SMILES string of the molecule is COc1ccc(C(C)NCCCCCCC(C)C)cc1F. The first-order valence-electron chi connectivity index (χ1n) is 8.11. The standard InChI is InChI=1S/C18H30FNO/c1-14(2)9-7-5-6-8-12-20-15(3)16-10-11-18(21-4)17(19)13-16/h10-11,13-15,20H,5-9,12H2,1-4H3. The lowest BCUT2D eigenvalue weighted by atomic mass is 10.0. The van der Waals surface area contributed by atoms with Crippen LogP contribution in [-0.4, -0.2) is 13.7 Å². The number of methoxy groups -OCH3 is 1. The maximum atomic E-state index is 13.7. The summed E-state index contributed by atoms with van der Waals surface area (Å²) in [5, 5.41) is 3.46. The van der Waals surface area contributed by atoms with Crippen molar-refractivity contribution >= 4 is 0 Å². The summed E-state index contributed by atoms with van der Waals surface area (Å²) in [6.45, 7) is 7.60. The van der Waals surface area contributed by atoms with E-state index in [2.05, 4.69) is 26.1 Å². The van der Waals surface area contributed by atoms with Crippen molar-refractivity contribution < 1.29 is 9.13 Å². The lowest BCUT2D eigenvalue weighted by Gasteiger charge is -2.15. The van der Waals surface area contributed by atoms with E-state index in [1.165, 1.54) is 39.2 Å². The predicted molar refractivity (Wildman–Crippen MR) is 87.3 cm³/mol. The molecule has 0 fully saturated rings. The quantitative estimate of drug-likeness (QED) is 0.607. The van der Waals surface area contributed by atoms with E-state index in [9.17, 15) is 4.39 Å². The van der Waals surface area contributed by atoms with Gasteiger partial charge in [-0.3, -0.25) is 0 Å². The Balaban J connectivity index is 2.21. The third kappa shape index (κ3) is 6.94. The fraction of sp³-hybridized carbons (Fsp3) is 0.667. The fourth-order valence-electron chi connectivity index (χ4n) is 2.42. The van der Waals surface area contributed by atoms with E-state index in [1.54, 1.807) is 12.1 Å². The molecule has 0 aliphatic heterocycles. The summed E-state index contributed by atoms with van der Waals surface area (Å²) in [6, 6.07) is 5.33. The van der Waals surface area contributed by atoms with Crippen LogP contribution in [0.2, 0.25) is 0 Å². The van der Waals surface area contributed by atoms with Gasteiger partial charge in [0, 0.05) is 6.04 Å². The van der Waals surface area contributed by atoms with Crippen molar-refractivity contribution in [2.45, 2.75) is 58.9 Å². The highest BCUT2D eigenvalue weighted by atomic mass is 19.1. The van der Waals surface area contributed by atoms with Gasteiger partial charge in [0.05, 0.1) is 7.11 Å². The van der Waals surface area contributed by atoms with E-state index in [-0.39, 0.29) is 11.9 Å². The van der Waals surface area contributed by atoms with Gasteiger partial charge in [-0.05, 0) is 43.5 Å². The van der Waals surface area contributed by atoms with Crippen LogP contribution in [0.3, 0.4) is 0 Å². The number of benzene rings is 1. The first kappa shape index (κ1) is 18.0. The Morgan fingerprint density at radius 1 is 1.10 bits per heavy atom. The molecule has 1 rings (SSSR count). The predicted octanol–water partition coefficient (Wildman–Crippen LogP) is 5.09. The smallest absolute Gasteiger partial charge is 0.165 e. The number of nitrogens with one attached hydrogen (secondary N) is 1. The summed E-state index contributed by atoms with van der Waals surface area (Å²) in [7, 11) is 1.49. The maximum absolute atomic E-state index is 13.7. The van der Waals surface area contributed by atoms with Gasteiger partial charge >= 0.3 is 0 Å². The van der Waals surface area contributed by atoms with Crippen molar-refractivity contribution in [3.63, 3.8) is 0 Å². The van der Waals surface area contributed by atoms with Crippen molar-refractivity contribution in [3.05, 3.63) is 29.6 Å². The van der Waals surface area contributed by atoms with Crippen LogP contribution in [0.1, 0.15) is 64.5 Å². The van der Waals surface area contributed by atoms with Crippen LogP contribution in [0.4, 0.5) is 4.39 Å². The minimum absolute atomic E-state index is 0.168. The monoisotopic (exact) mass is 295 g/mol. The molecule has 21 heavy (non-hydrogen) atoms. The lowest BCUT2D eigenvalue weighted by Crippen LogP contribution is -2.20. The van der Waals surface area contributed by atoms with Gasteiger partial charge in [0.25, 0.3) is 0 Å². The highest BCUT2D eigenvalue weighted by Gasteiger charge is 2.08. The molecular weight excluding hydrogens is 265 g/mol. The number of halogens is 1. The molecular formula is C18H30FNO. The molecule has 120 valence electrons. The van der Waals surface area contributed by atoms with Crippen LogP contribution in [0.15, 0.2) is 18.2 Å².